The third-order valence-electron chi connectivity index (χ3n) is 2.86. The summed E-state index contributed by atoms with van der Waals surface area (Å²) in [6.45, 7) is 5.81. The molecular formula is C15H24N2O3S. The Morgan fingerprint density at radius 2 is 1.67 bits per heavy atom. The van der Waals surface area contributed by atoms with E-state index >= 15 is 0 Å². The summed E-state index contributed by atoms with van der Waals surface area (Å²) in [5.74, 6) is -0.00695. The number of amides is 1. The van der Waals surface area contributed by atoms with Gasteiger partial charge in [-0.15, -0.1) is 0 Å². The molecule has 0 unspecified atom stereocenters. The molecular weight excluding hydrogens is 288 g/mol. The van der Waals surface area contributed by atoms with Crippen molar-refractivity contribution in [1.82, 2.24) is 9.62 Å². The first-order chi connectivity index (χ1) is 9.52. The third kappa shape index (κ3) is 5.47. The predicted octanol–water partition coefficient (Wildman–Crippen LogP) is 1.78. The van der Waals surface area contributed by atoms with Crippen molar-refractivity contribution in [3.8, 4) is 0 Å². The zero-order valence-electron chi connectivity index (χ0n) is 13.3. The lowest BCUT2D eigenvalue weighted by Gasteiger charge is -2.20. The second-order valence-corrected chi connectivity index (χ2v) is 8.38. The van der Waals surface area contributed by atoms with Crippen LogP contribution in [0.5, 0.6) is 0 Å². The minimum atomic E-state index is -3.39. The lowest BCUT2D eigenvalue weighted by atomic mass is 10.1. The van der Waals surface area contributed by atoms with Gasteiger partial charge < -0.3 is 5.32 Å². The molecule has 0 aromatic heterocycles. The molecule has 0 fully saturated rings. The number of nitrogens with zero attached hydrogens (tertiary/aromatic N) is 1. The monoisotopic (exact) mass is 312 g/mol. The summed E-state index contributed by atoms with van der Waals surface area (Å²) < 4.78 is 25.0. The molecule has 21 heavy (non-hydrogen) atoms. The zero-order chi connectivity index (χ0) is 16.3. The molecule has 1 aromatic carbocycles. The van der Waals surface area contributed by atoms with Gasteiger partial charge in [-0.3, -0.25) is 4.79 Å². The Balaban J connectivity index is 2.66. The fourth-order valence-electron chi connectivity index (χ4n) is 1.78. The number of rotatable bonds is 5. The maximum Gasteiger partial charge on any atom is 0.242 e. The summed E-state index contributed by atoms with van der Waals surface area (Å²) in [5.41, 5.74) is 0.706. The fraction of sp³-hybridized carbons (Fsp3) is 0.533. The van der Waals surface area contributed by atoms with Crippen LogP contribution in [0.25, 0.3) is 0 Å². The third-order valence-corrected chi connectivity index (χ3v) is 4.69. The molecule has 0 bridgehead atoms. The predicted molar refractivity (Wildman–Crippen MR) is 83.5 cm³/mol. The maximum absolute atomic E-state index is 11.9. The van der Waals surface area contributed by atoms with Gasteiger partial charge in [0.25, 0.3) is 0 Å². The van der Waals surface area contributed by atoms with E-state index in [1.54, 1.807) is 24.3 Å². The smallest absolute Gasteiger partial charge is 0.242 e. The van der Waals surface area contributed by atoms with E-state index in [9.17, 15) is 13.2 Å². The van der Waals surface area contributed by atoms with Gasteiger partial charge in [0.1, 0.15) is 0 Å². The highest BCUT2D eigenvalue weighted by molar-refractivity contribution is 7.89. The highest BCUT2D eigenvalue weighted by Gasteiger charge is 2.17. The Labute approximate surface area is 127 Å². The molecule has 0 radical (unpaired) electrons. The molecule has 0 heterocycles. The van der Waals surface area contributed by atoms with Crippen LogP contribution >= 0.6 is 0 Å². The van der Waals surface area contributed by atoms with Crippen molar-refractivity contribution in [3.05, 3.63) is 29.8 Å². The van der Waals surface area contributed by atoms with Crippen LogP contribution in [0.1, 0.15) is 32.8 Å². The Bertz CT molecular complexity index is 584. The molecule has 6 heteroatoms. The van der Waals surface area contributed by atoms with Crippen LogP contribution in [0.4, 0.5) is 0 Å². The van der Waals surface area contributed by atoms with Crippen molar-refractivity contribution >= 4 is 15.9 Å². The average Bonchev–Trinajstić information content (AvgIpc) is 2.34. The van der Waals surface area contributed by atoms with Gasteiger partial charge in [-0.2, -0.15) is 0 Å². The first-order valence-corrected chi connectivity index (χ1v) is 8.29. The number of hydrogen-bond acceptors (Lipinski definition) is 3. The minimum absolute atomic E-state index is 0.00695. The van der Waals surface area contributed by atoms with Crippen molar-refractivity contribution < 1.29 is 13.2 Å². The molecule has 0 aliphatic rings. The van der Waals surface area contributed by atoms with E-state index in [4.69, 9.17) is 0 Å². The number of hydrogen-bond donors (Lipinski definition) is 1. The van der Waals surface area contributed by atoms with Crippen LogP contribution in [-0.4, -0.2) is 38.3 Å². The van der Waals surface area contributed by atoms with Gasteiger partial charge in [0, 0.05) is 26.1 Å². The molecule has 0 spiro atoms. The SMILES string of the molecule is CN(C)S(=O)(=O)c1ccc(CCC(=O)NC(C)(C)C)cc1. The van der Waals surface area contributed by atoms with Crippen molar-refractivity contribution in [1.29, 1.82) is 0 Å². The molecule has 1 amide bonds. The molecule has 1 aromatic rings. The largest absolute Gasteiger partial charge is 0.351 e. The summed E-state index contributed by atoms with van der Waals surface area (Å²) in [6, 6.07) is 6.65. The van der Waals surface area contributed by atoms with E-state index in [0.717, 1.165) is 5.56 Å². The molecule has 0 aliphatic heterocycles. The second-order valence-electron chi connectivity index (χ2n) is 6.23. The molecule has 0 aliphatic carbocycles. The lowest BCUT2D eigenvalue weighted by Crippen LogP contribution is -2.40. The summed E-state index contributed by atoms with van der Waals surface area (Å²) >= 11 is 0. The Hall–Kier alpha value is -1.40. The maximum atomic E-state index is 11.9. The molecule has 0 saturated heterocycles. The molecule has 5 nitrogen and oxygen atoms in total. The van der Waals surface area contributed by atoms with Gasteiger partial charge in [0.15, 0.2) is 0 Å². The highest BCUT2D eigenvalue weighted by atomic mass is 32.2. The zero-order valence-corrected chi connectivity index (χ0v) is 14.1. The lowest BCUT2D eigenvalue weighted by molar-refractivity contribution is -0.122. The van der Waals surface area contributed by atoms with E-state index in [2.05, 4.69) is 5.32 Å². The Morgan fingerprint density at radius 3 is 2.10 bits per heavy atom. The fourth-order valence-corrected chi connectivity index (χ4v) is 2.68. The highest BCUT2D eigenvalue weighted by Crippen LogP contribution is 2.15. The van der Waals surface area contributed by atoms with Crippen molar-refractivity contribution in [3.63, 3.8) is 0 Å². The first kappa shape index (κ1) is 17.7. The number of nitrogens with one attached hydrogen (secondary N) is 1. The summed E-state index contributed by atoms with van der Waals surface area (Å²) in [7, 11) is -0.395. The molecule has 1 rings (SSSR count). The van der Waals surface area contributed by atoms with Crippen LogP contribution in [0.3, 0.4) is 0 Å². The van der Waals surface area contributed by atoms with E-state index in [-0.39, 0.29) is 16.3 Å². The van der Waals surface area contributed by atoms with E-state index in [1.807, 2.05) is 20.8 Å². The van der Waals surface area contributed by atoms with Gasteiger partial charge in [-0.25, -0.2) is 12.7 Å². The molecule has 0 atom stereocenters. The van der Waals surface area contributed by atoms with Gasteiger partial charge in [0.2, 0.25) is 15.9 Å². The van der Waals surface area contributed by atoms with Crippen LogP contribution in [-0.2, 0) is 21.2 Å². The molecule has 1 N–H and O–H groups in total. The van der Waals surface area contributed by atoms with Gasteiger partial charge in [-0.05, 0) is 44.9 Å². The Morgan fingerprint density at radius 1 is 1.14 bits per heavy atom. The van der Waals surface area contributed by atoms with Gasteiger partial charge >= 0.3 is 0 Å². The molecule has 0 saturated carbocycles. The molecule has 118 valence electrons. The van der Waals surface area contributed by atoms with Crippen molar-refractivity contribution in [2.45, 2.75) is 44.0 Å². The summed E-state index contributed by atoms with van der Waals surface area (Å²) in [5, 5.41) is 2.90. The number of benzene rings is 1. The number of aryl methyl sites for hydroxylation is 1. The number of sulfonamides is 1. The minimum Gasteiger partial charge on any atom is -0.351 e. The normalized spacial score (nSPS) is 12.5. The summed E-state index contributed by atoms with van der Waals surface area (Å²) in [6.07, 6.45) is 0.973. The average molecular weight is 312 g/mol. The number of carbonyl (C=O) groups is 1. The van der Waals surface area contributed by atoms with Crippen LogP contribution in [0.15, 0.2) is 29.2 Å². The first-order valence-electron chi connectivity index (χ1n) is 6.85. The van der Waals surface area contributed by atoms with Crippen molar-refractivity contribution in [2.24, 2.45) is 0 Å². The van der Waals surface area contributed by atoms with E-state index in [0.29, 0.717) is 12.8 Å². The van der Waals surface area contributed by atoms with Crippen LogP contribution in [0, 0.1) is 0 Å². The van der Waals surface area contributed by atoms with Gasteiger partial charge in [0.05, 0.1) is 4.90 Å². The van der Waals surface area contributed by atoms with Crippen molar-refractivity contribution in [2.75, 3.05) is 14.1 Å². The summed E-state index contributed by atoms with van der Waals surface area (Å²) in [4.78, 5) is 12.0. The topological polar surface area (TPSA) is 66.5 Å². The van der Waals surface area contributed by atoms with Gasteiger partial charge in [-0.1, -0.05) is 12.1 Å². The van der Waals surface area contributed by atoms with Crippen LogP contribution < -0.4 is 5.32 Å². The van der Waals surface area contributed by atoms with E-state index in [1.165, 1.54) is 18.4 Å². The second kappa shape index (κ2) is 6.58. The standard InChI is InChI=1S/C15H24N2O3S/c1-15(2,3)16-14(18)11-8-12-6-9-13(10-7-12)21(19,20)17(4)5/h6-7,9-10H,8,11H2,1-5H3,(H,16,18). The van der Waals surface area contributed by atoms with Crippen LogP contribution in [0.2, 0.25) is 0 Å². The Kier molecular flexibility index (Phi) is 5.53. The van der Waals surface area contributed by atoms with E-state index < -0.39 is 10.0 Å². The quantitative estimate of drug-likeness (QED) is 0.901. The number of carbonyl (C=O) groups excluding carboxylic acids is 1.